The molecule has 43 heavy (non-hydrogen) atoms. The van der Waals surface area contributed by atoms with Gasteiger partial charge in [0.05, 0.1) is 26.6 Å². The van der Waals surface area contributed by atoms with Crippen LogP contribution in [0.1, 0.15) is 23.2 Å². The van der Waals surface area contributed by atoms with Crippen molar-refractivity contribution < 1.29 is 26.7 Å². The molecule has 1 aromatic heterocycles. The Balaban J connectivity index is 1.33. The maximum atomic E-state index is 15.8. The van der Waals surface area contributed by atoms with Crippen LogP contribution in [0.4, 0.5) is 26.0 Å². The number of carbonyl (C=O) groups is 1. The first kappa shape index (κ1) is 29.0. The molecule has 0 bridgehead atoms. The SMILES string of the molecule is CN1CCN(c2cc(F)c(C(=O)Nc3n[nH]c4ccc(S(=O)(=O)c5cccc(F)c5)cc34)c(NC3CCOCC3)c2)CC1. The lowest BCUT2D eigenvalue weighted by Gasteiger charge is -2.34. The van der Waals surface area contributed by atoms with Crippen LogP contribution in [0.2, 0.25) is 0 Å². The zero-order chi connectivity index (χ0) is 30.1. The third-order valence-electron chi connectivity index (χ3n) is 7.93. The summed E-state index contributed by atoms with van der Waals surface area (Å²) in [5.74, 6) is -2.05. The molecule has 3 N–H and O–H groups in total. The minimum atomic E-state index is -4.06. The van der Waals surface area contributed by atoms with Crippen LogP contribution in [-0.4, -0.2) is 81.9 Å². The molecule has 2 fully saturated rings. The van der Waals surface area contributed by atoms with Crippen molar-refractivity contribution in [3.05, 3.63) is 71.8 Å². The van der Waals surface area contributed by atoms with Gasteiger partial charge in [-0.2, -0.15) is 5.10 Å². The van der Waals surface area contributed by atoms with E-state index in [9.17, 15) is 17.6 Å². The van der Waals surface area contributed by atoms with Crippen molar-refractivity contribution in [1.82, 2.24) is 15.1 Å². The number of nitrogens with zero attached hydrogens (tertiary/aromatic N) is 3. The summed E-state index contributed by atoms with van der Waals surface area (Å²) in [5.41, 5.74) is 1.35. The topological polar surface area (TPSA) is 120 Å². The maximum Gasteiger partial charge on any atom is 0.261 e. The van der Waals surface area contributed by atoms with Crippen molar-refractivity contribution in [2.45, 2.75) is 28.7 Å². The predicted octanol–water partition coefficient (Wildman–Crippen LogP) is 4.27. The molecule has 0 atom stereocenters. The number of likely N-dealkylation sites (N-methyl/N-ethyl adjacent to an activating group) is 1. The van der Waals surface area contributed by atoms with Crippen LogP contribution < -0.4 is 15.5 Å². The Bertz CT molecular complexity index is 1770. The molecule has 10 nitrogen and oxygen atoms in total. The number of H-pyrrole nitrogens is 1. The van der Waals surface area contributed by atoms with Crippen molar-refractivity contribution in [3.8, 4) is 0 Å². The van der Waals surface area contributed by atoms with E-state index in [-0.39, 0.29) is 27.2 Å². The number of benzene rings is 3. The number of nitrogens with one attached hydrogen (secondary N) is 3. The molecular weight excluding hydrogens is 578 g/mol. The van der Waals surface area contributed by atoms with Crippen LogP contribution in [-0.2, 0) is 14.6 Å². The molecule has 13 heteroatoms. The first-order valence-corrected chi connectivity index (χ1v) is 15.6. The Hall–Kier alpha value is -4.07. The summed E-state index contributed by atoms with van der Waals surface area (Å²) in [6.07, 6.45) is 1.43. The molecule has 1 amide bonds. The van der Waals surface area contributed by atoms with E-state index >= 15 is 4.39 Å². The molecule has 0 saturated carbocycles. The number of anilines is 3. The summed E-state index contributed by atoms with van der Waals surface area (Å²) in [6, 6.07) is 12.2. The van der Waals surface area contributed by atoms with Gasteiger partial charge in [-0.15, -0.1) is 0 Å². The van der Waals surface area contributed by atoms with E-state index in [1.807, 2.05) is 13.1 Å². The van der Waals surface area contributed by atoms with Crippen molar-refractivity contribution in [2.75, 3.05) is 62.0 Å². The molecule has 2 aliphatic heterocycles. The van der Waals surface area contributed by atoms with E-state index in [0.717, 1.165) is 38.3 Å². The van der Waals surface area contributed by atoms with Crippen LogP contribution in [0.3, 0.4) is 0 Å². The molecule has 0 unspecified atom stereocenters. The minimum absolute atomic E-state index is 0.00393. The number of hydrogen-bond donors (Lipinski definition) is 3. The monoisotopic (exact) mass is 610 g/mol. The number of amides is 1. The summed E-state index contributed by atoms with van der Waals surface area (Å²) >= 11 is 0. The third kappa shape index (κ3) is 6.05. The molecular formula is C30H32F2N6O4S. The molecule has 0 radical (unpaired) electrons. The number of halogens is 2. The molecule has 0 spiro atoms. The lowest BCUT2D eigenvalue weighted by atomic mass is 10.0. The summed E-state index contributed by atoms with van der Waals surface area (Å²) in [6.45, 7) is 4.29. The lowest BCUT2D eigenvalue weighted by molar-refractivity contribution is 0.0904. The predicted molar refractivity (Wildman–Crippen MR) is 159 cm³/mol. The number of aromatic amines is 1. The van der Waals surface area contributed by atoms with Crippen LogP contribution in [0.15, 0.2) is 64.4 Å². The summed E-state index contributed by atoms with van der Waals surface area (Å²) in [5, 5.41) is 13.3. The van der Waals surface area contributed by atoms with Gasteiger partial charge in [0.25, 0.3) is 5.91 Å². The number of aromatic nitrogens is 2. The summed E-state index contributed by atoms with van der Waals surface area (Å²) in [4.78, 5) is 17.7. The highest BCUT2D eigenvalue weighted by molar-refractivity contribution is 7.91. The van der Waals surface area contributed by atoms with Gasteiger partial charge in [0.2, 0.25) is 9.84 Å². The van der Waals surface area contributed by atoms with Gasteiger partial charge in [-0.3, -0.25) is 9.89 Å². The van der Waals surface area contributed by atoms with E-state index in [2.05, 4.69) is 30.6 Å². The number of fused-ring (bicyclic) bond motifs is 1. The van der Waals surface area contributed by atoms with Crippen LogP contribution in [0, 0.1) is 11.6 Å². The Morgan fingerprint density at radius 1 is 1.00 bits per heavy atom. The van der Waals surface area contributed by atoms with Crippen molar-refractivity contribution >= 4 is 43.8 Å². The molecule has 2 aliphatic rings. The largest absolute Gasteiger partial charge is 0.381 e. The highest BCUT2D eigenvalue weighted by Gasteiger charge is 2.26. The van der Waals surface area contributed by atoms with Crippen LogP contribution in [0.25, 0.3) is 10.9 Å². The molecule has 4 aromatic rings. The number of carbonyl (C=O) groups excluding carboxylic acids is 1. The molecule has 226 valence electrons. The van der Waals surface area contributed by atoms with Gasteiger partial charge in [0, 0.05) is 56.5 Å². The second-order valence-corrected chi connectivity index (χ2v) is 12.8. The second-order valence-electron chi connectivity index (χ2n) is 10.9. The Labute approximate surface area is 247 Å². The normalized spacial score (nSPS) is 16.9. The third-order valence-corrected chi connectivity index (χ3v) is 9.68. The van der Waals surface area contributed by atoms with Crippen molar-refractivity contribution in [2.24, 2.45) is 0 Å². The van der Waals surface area contributed by atoms with E-state index in [1.54, 1.807) is 0 Å². The zero-order valence-corrected chi connectivity index (χ0v) is 24.4. The lowest BCUT2D eigenvalue weighted by Crippen LogP contribution is -2.44. The van der Waals surface area contributed by atoms with Crippen molar-refractivity contribution in [3.63, 3.8) is 0 Å². The fourth-order valence-electron chi connectivity index (χ4n) is 5.44. The standard InChI is InChI=1S/C30H32F2N6O4S/c1-37-9-11-38(12-10-37)21-16-25(32)28(27(17-21)33-20-7-13-42-14-8-20)30(39)34-29-24-18-23(5-6-26(24)35-36-29)43(40,41)22-4-2-3-19(31)15-22/h2-6,15-18,20,33H,7-14H2,1H3,(H2,34,35,36,39). The van der Waals surface area contributed by atoms with E-state index < -0.39 is 27.4 Å². The van der Waals surface area contributed by atoms with Gasteiger partial charge >= 0.3 is 0 Å². The summed E-state index contributed by atoms with van der Waals surface area (Å²) < 4.78 is 61.5. The second kappa shape index (κ2) is 11.9. The zero-order valence-electron chi connectivity index (χ0n) is 23.6. The maximum absolute atomic E-state index is 15.8. The van der Waals surface area contributed by atoms with Gasteiger partial charge in [0.15, 0.2) is 5.82 Å². The van der Waals surface area contributed by atoms with Crippen LogP contribution >= 0.6 is 0 Å². The molecule has 3 heterocycles. The number of hydrogen-bond acceptors (Lipinski definition) is 8. The quantitative estimate of drug-likeness (QED) is 0.284. The van der Waals surface area contributed by atoms with Gasteiger partial charge in [-0.05, 0) is 68.4 Å². The molecule has 3 aromatic carbocycles. The number of sulfone groups is 1. The van der Waals surface area contributed by atoms with Crippen LogP contribution in [0.5, 0.6) is 0 Å². The first-order chi connectivity index (χ1) is 20.7. The molecule has 2 saturated heterocycles. The van der Waals surface area contributed by atoms with Gasteiger partial charge < -0.3 is 25.2 Å². The first-order valence-electron chi connectivity index (χ1n) is 14.1. The Morgan fingerprint density at radius 3 is 2.49 bits per heavy atom. The van der Waals surface area contributed by atoms with Gasteiger partial charge in [0.1, 0.15) is 11.6 Å². The Morgan fingerprint density at radius 2 is 1.74 bits per heavy atom. The van der Waals surface area contributed by atoms with E-state index in [1.165, 1.54) is 36.4 Å². The average molecular weight is 611 g/mol. The molecule has 6 rings (SSSR count). The summed E-state index contributed by atoms with van der Waals surface area (Å²) in [7, 11) is -2.02. The number of ether oxygens (including phenoxy) is 1. The fraction of sp³-hybridized carbons (Fsp3) is 0.333. The smallest absolute Gasteiger partial charge is 0.261 e. The minimum Gasteiger partial charge on any atom is -0.381 e. The van der Waals surface area contributed by atoms with E-state index in [4.69, 9.17) is 4.74 Å². The fourth-order valence-corrected chi connectivity index (χ4v) is 6.76. The average Bonchev–Trinajstić information content (AvgIpc) is 3.39. The number of piperazine rings is 1. The van der Waals surface area contributed by atoms with Crippen molar-refractivity contribution in [1.29, 1.82) is 0 Å². The van der Waals surface area contributed by atoms with Gasteiger partial charge in [-0.1, -0.05) is 6.07 Å². The van der Waals surface area contributed by atoms with Gasteiger partial charge in [-0.25, -0.2) is 17.2 Å². The molecule has 0 aliphatic carbocycles. The highest BCUT2D eigenvalue weighted by atomic mass is 32.2. The number of rotatable bonds is 7. The Kier molecular flexibility index (Phi) is 8.03. The highest BCUT2D eigenvalue weighted by Crippen LogP contribution is 2.32. The van der Waals surface area contributed by atoms with E-state index in [0.29, 0.717) is 48.3 Å².